The molecule has 112 valence electrons. The van der Waals surface area contributed by atoms with Gasteiger partial charge < -0.3 is 15.2 Å². The first-order chi connectivity index (χ1) is 10.2. The van der Waals surface area contributed by atoms with Gasteiger partial charge in [0.1, 0.15) is 0 Å². The molecule has 1 aliphatic heterocycles. The zero-order valence-corrected chi connectivity index (χ0v) is 12.5. The van der Waals surface area contributed by atoms with Crippen molar-refractivity contribution in [3.63, 3.8) is 0 Å². The Morgan fingerprint density at radius 2 is 2.05 bits per heavy atom. The van der Waals surface area contributed by atoms with E-state index in [1.165, 1.54) is 32.4 Å². The van der Waals surface area contributed by atoms with Crippen LogP contribution in [0.2, 0.25) is 0 Å². The molecule has 0 unspecified atom stereocenters. The number of nitrogen functional groups attached to an aromatic ring is 1. The van der Waals surface area contributed by atoms with Crippen LogP contribution in [0.1, 0.15) is 30.7 Å². The molecular formula is C16H22N4O. The Morgan fingerprint density at radius 1 is 1.24 bits per heavy atom. The van der Waals surface area contributed by atoms with Crippen LogP contribution >= 0.6 is 0 Å². The molecule has 2 heterocycles. The Balaban J connectivity index is 1.63. The number of rotatable bonds is 4. The summed E-state index contributed by atoms with van der Waals surface area (Å²) < 4.78 is 5.35. The van der Waals surface area contributed by atoms with E-state index in [0.717, 1.165) is 29.8 Å². The third-order valence-electron chi connectivity index (χ3n) is 4.10. The number of hydrogen-bond acceptors (Lipinski definition) is 5. The minimum Gasteiger partial charge on any atom is -0.398 e. The normalized spacial score (nSPS) is 16.2. The number of nitrogens with zero attached hydrogens (tertiary/aromatic N) is 3. The molecular weight excluding hydrogens is 264 g/mol. The first kappa shape index (κ1) is 14.1. The molecule has 1 fully saturated rings. The molecule has 1 aromatic carbocycles. The number of nitrogens with two attached hydrogens (primary N) is 1. The van der Waals surface area contributed by atoms with Gasteiger partial charge in [0.15, 0.2) is 0 Å². The third-order valence-corrected chi connectivity index (χ3v) is 4.10. The first-order valence-corrected chi connectivity index (χ1v) is 7.64. The molecule has 2 N–H and O–H groups in total. The summed E-state index contributed by atoms with van der Waals surface area (Å²) in [5.41, 5.74) is 8.66. The van der Waals surface area contributed by atoms with Crippen LogP contribution in [-0.2, 0) is 6.42 Å². The van der Waals surface area contributed by atoms with Gasteiger partial charge in [-0.05, 0) is 44.5 Å². The molecule has 0 bridgehead atoms. The average Bonchev–Trinajstić information content (AvgIpc) is 2.98. The van der Waals surface area contributed by atoms with Gasteiger partial charge in [-0.2, -0.15) is 4.98 Å². The van der Waals surface area contributed by atoms with E-state index >= 15 is 0 Å². The number of aromatic nitrogens is 2. The molecule has 0 amide bonds. The SMILES string of the molecule is Cc1ccc(-c2noc(CCN3CCCCC3)n2)cc1N. The molecule has 1 aromatic heterocycles. The standard InChI is InChI=1S/C16H22N4O/c1-12-5-6-13(11-14(12)17)16-18-15(21-19-16)7-10-20-8-3-2-4-9-20/h5-6,11H,2-4,7-10,17H2,1H3. The Hall–Kier alpha value is -1.88. The maximum absolute atomic E-state index is 5.93. The van der Waals surface area contributed by atoms with Crippen LogP contribution < -0.4 is 5.73 Å². The van der Waals surface area contributed by atoms with E-state index < -0.39 is 0 Å². The topological polar surface area (TPSA) is 68.2 Å². The van der Waals surface area contributed by atoms with Gasteiger partial charge >= 0.3 is 0 Å². The predicted molar refractivity (Wildman–Crippen MR) is 82.9 cm³/mol. The van der Waals surface area contributed by atoms with Gasteiger partial charge in [0.05, 0.1) is 0 Å². The minimum absolute atomic E-state index is 0.621. The fourth-order valence-electron chi connectivity index (χ4n) is 2.69. The summed E-state index contributed by atoms with van der Waals surface area (Å²) in [6.45, 7) is 5.36. The van der Waals surface area contributed by atoms with Crippen molar-refractivity contribution in [1.82, 2.24) is 15.0 Å². The molecule has 0 radical (unpaired) electrons. The molecule has 0 saturated carbocycles. The molecule has 0 aliphatic carbocycles. The highest BCUT2D eigenvalue weighted by molar-refractivity contribution is 5.63. The van der Waals surface area contributed by atoms with Crippen LogP contribution in [0.15, 0.2) is 22.7 Å². The molecule has 0 atom stereocenters. The monoisotopic (exact) mass is 286 g/mol. The lowest BCUT2D eigenvalue weighted by Crippen LogP contribution is -2.31. The van der Waals surface area contributed by atoms with Gasteiger partial charge in [0.2, 0.25) is 11.7 Å². The number of aryl methyl sites for hydroxylation is 1. The second-order valence-corrected chi connectivity index (χ2v) is 5.74. The van der Waals surface area contributed by atoms with Gasteiger partial charge in [-0.3, -0.25) is 0 Å². The average molecular weight is 286 g/mol. The van der Waals surface area contributed by atoms with E-state index in [4.69, 9.17) is 10.3 Å². The Kier molecular flexibility index (Phi) is 4.20. The molecule has 5 heteroatoms. The zero-order chi connectivity index (χ0) is 14.7. The van der Waals surface area contributed by atoms with Crippen molar-refractivity contribution in [3.8, 4) is 11.4 Å². The van der Waals surface area contributed by atoms with E-state index in [0.29, 0.717) is 11.7 Å². The second kappa shape index (κ2) is 6.26. The lowest BCUT2D eigenvalue weighted by atomic mass is 10.1. The lowest BCUT2D eigenvalue weighted by molar-refractivity contribution is 0.223. The van der Waals surface area contributed by atoms with E-state index in [1.807, 2.05) is 25.1 Å². The fraction of sp³-hybridized carbons (Fsp3) is 0.500. The van der Waals surface area contributed by atoms with Crippen molar-refractivity contribution < 1.29 is 4.52 Å². The van der Waals surface area contributed by atoms with Crippen LogP contribution in [0.3, 0.4) is 0 Å². The zero-order valence-electron chi connectivity index (χ0n) is 12.5. The Bertz CT molecular complexity index is 602. The second-order valence-electron chi connectivity index (χ2n) is 5.74. The summed E-state index contributed by atoms with van der Waals surface area (Å²) in [7, 11) is 0. The van der Waals surface area contributed by atoms with E-state index in [1.54, 1.807) is 0 Å². The highest BCUT2D eigenvalue weighted by Crippen LogP contribution is 2.21. The quantitative estimate of drug-likeness (QED) is 0.875. The first-order valence-electron chi connectivity index (χ1n) is 7.64. The van der Waals surface area contributed by atoms with Crippen LogP contribution in [0.4, 0.5) is 5.69 Å². The number of anilines is 1. The molecule has 21 heavy (non-hydrogen) atoms. The van der Waals surface area contributed by atoms with E-state index in [9.17, 15) is 0 Å². The molecule has 2 aromatic rings. The van der Waals surface area contributed by atoms with Crippen LogP contribution in [0, 0.1) is 6.92 Å². The number of piperidine rings is 1. The summed E-state index contributed by atoms with van der Waals surface area (Å²) in [5, 5.41) is 4.06. The van der Waals surface area contributed by atoms with Gasteiger partial charge in [0, 0.05) is 24.2 Å². The lowest BCUT2D eigenvalue weighted by Gasteiger charge is -2.25. The maximum atomic E-state index is 5.93. The molecule has 1 saturated heterocycles. The van der Waals surface area contributed by atoms with Crippen molar-refractivity contribution in [3.05, 3.63) is 29.7 Å². The largest absolute Gasteiger partial charge is 0.398 e. The summed E-state index contributed by atoms with van der Waals surface area (Å²) in [6, 6.07) is 5.86. The summed E-state index contributed by atoms with van der Waals surface area (Å²) in [5.74, 6) is 1.32. The highest BCUT2D eigenvalue weighted by atomic mass is 16.5. The van der Waals surface area contributed by atoms with Crippen molar-refractivity contribution >= 4 is 5.69 Å². The fourth-order valence-corrected chi connectivity index (χ4v) is 2.69. The number of benzene rings is 1. The Labute approximate surface area is 125 Å². The summed E-state index contributed by atoms with van der Waals surface area (Å²) >= 11 is 0. The number of likely N-dealkylation sites (tertiary alicyclic amines) is 1. The van der Waals surface area contributed by atoms with Crippen LogP contribution in [0.25, 0.3) is 11.4 Å². The van der Waals surface area contributed by atoms with Gasteiger partial charge in [-0.1, -0.05) is 23.7 Å². The van der Waals surface area contributed by atoms with Gasteiger partial charge in [-0.25, -0.2) is 0 Å². The van der Waals surface area contributed by atoms with Crippen molar-refractivity contribution in [2.75, 3.05) is 25.4 Å². The van der Waals surface area contributed by atoms with Crippen molar-refractivity contribution in [1.29, 1.82) is 0 Å². The summed E-state index contributed by atoms with van der Waals surface area (Å²) in [4.78, 5) is 6.95. The van der Waals surface area contributed by atoms with E-state index in [2.05, 4.69) is 15.0 Å². The summed E-state index contributed by atoms with van der Waals surface area (Å²) in [6.07, 6.45) is 4.78. The van der Waals surface area contributed by atoms with Gasteiger partial charge in [0.25, 0.3) is 0 Å². The minimum atomic E-state index is 0.621. The van der Waals surface area contributed by atoms with E-state index in [-0.39, 0.29) is 0 Å². The maximum Gasteiger partial charge on any atom is 0.228 e. The molecule has 0 spiro atoms. The third kappa shape index (κ3) is 3.42. The molecule has 5 nitrogen and oxygen atoms in total. The van der Waals surface area contributed by atoms with Crippen molar-refractivity contribution in [2.24, 2.45) is 0 Å². The van der Waals surface area contributed by atoms with Gasteiger partial charge in [-0.15, -0.1) is 0 Å². The van der Waals surface area contributed by atoms with Crippen LogP contribution in [-0.4, -0.2) is 34.7 Å². The number of hydrogen-bond donors (Lipinski definition) is 1. The van der Waals surface area contributed by atoms with Crippen molar-refractivity contribution in [2.45, 2.75) is 32.6 Å². The molecule has 1 aliphatic rings. The molecule has 3 rings (SSSR count). The Morgan fingerprint density at radius 3 is 2.81 bits per heavy atom. The van der Waals surface area contributed by atoms with Crippen LogP contribution in [0.5, 0.6) is 0 Å². The highest BCUT2D eigenvalue weighted by Gasteiger charge is 2.13. The predicted octanol–water partition coefficient (Wildman–Crippen LogP) is 2.66. The smallest absolute Gasteiger partial charge is 0.228 e.